The maximum absolute atomic E-state index is 11.3. The monoisotopic (exact) mass is 462 g/mol. The molecule has 2 saturated carbocycles. The lowest BCUT2D eigenvalue weighted by atomic mass is 9.79. The molecular weight excluding hydrogens is 436 g/mol. The number of ether oxygens (including phenoxy) is 1. The molecule has 8 heteroatoms. The molecule has 2 bridgehead atoms. The number of aliphatic carboxylic acids is 1. The van der Waals surface area contributed by atoms with Crippen molar-refractivity contribution in [2.75, 3.05) is 11.9 Å². The predicted molar refractivity (Wildman–Crippen MR) is 126 cm³/mol. The van der Waals surface area contributed by atoms with Crippen molar-refractivity contribution in [2.24, 2.45) is 0 Å². The summed E-state index contributed by atoms with van der Waals surface area (Å²) in [6.45, 7) is 0.607. The Hall–Kier alpha value is -2.84. The Labute approximate surface area is 196 Å². The highest BCUT2D eigenvalue weighted by molar-refractivity contribution is 7.15. The number of hydrogen-bond acceptors (Lipinski definition) is 7. The first kappa shape index (κ1) is 20.7. The molecule has 0 spiro atoms. The van der Waals surface area contributed by atoms with Gasteiger partial charge in [0.05, 0.1) is 18.6 Å². The fraction of sp³-hybridized carbons (Fsp3) is 0.440. The highest BCUT2D eigenvalue weighted by atomic mass is 32.1. The number of fused-ring (bicyclic) bond motifs is 2. The first-order chi connectivity index (χ1) is 16.0. The maximum Gasteiger partial charge on any atom is 0.306 e. The fourth-order valence-corrected chi connectivity index (χ4v) is 6.39. The number of rotatable bonds is 7. The topological polar surface area (TPSA) is 97.2 Å². The van der Waals surface area contributed by atoms with Crippen LogP contribution >= 0.6 is 11.3 Å². The molecule has 1 aromatic carbocycles. The number of carbonyl (C=O) groups is 1. The molecule has 0 amide bonds. The smallest absolute Gasteiger partial charge is 0.306 e. The number of nitrogens with one attached hydrogen (secondary N) is 1. The Bertz CT molecular complexity index is 1160. The lowest BCUT2D eigenvalue weighted by Gasteiger charge is -2.28. The molecule has 3 fully saturated rings. The molecule has 170 valence electrons. The molecule has 0 radical (unpaired) electrons. The quantitative estimate of drug-likeness (QED) is 0.493. The zero-order valence-corrected chi connectivity index (χ0v) is 19.1. The fourth-order valence-electron chi connectivity index (χ4n) is 5.48. The van der Waals surface area contributed by atoms with Gasteiger partial charge < -0.3 is 15.2 Å². The number of carboxylic acid groups (broad SMARTS) is 1. The molecule has 1 saturated heterocycles. The van der Waals surface area contributed by atoms with Crippen LogP contribution in [0.5, 0.6) is 0 Å². The number of hydrogen-bond donors (Lipinski definition) is 2. The van der Waals surface area contributed by atoms with E-state index in [9.17, 15) is 9.90 Å². The zero-order chi connectivity index (χ0) is 22.5. The van der Waals surface area contributed by atoms with E-state index in [0.717, 1.165) is 46.3 Å². The zero-order valence-electron chi connectivity index (χ0n) is 18.3. The van der Waals surface area contributed by atoms with Crippen molar-refractivity contribution in [3.63, 3.8) is 0 Å². The van der Waals surface area contributed by atoms with Crippen LogP contribution in [0.25, 0.3) is 11.1 Å². The minimum atomic E-state index is -0.779. The molecule has 6 rings (SSSR count). The number of benzene rings is 1. The van der Waals surface area contributed by atoms with Gasteiger partial charge in [-0.05, 0) is 55.4 Å². The van der Waals surface area contributed by atoms with Crippen molar-refractivity contribution in [1.82, 2.24) is 15.2 Å². The largest absolute Gasteiger partial charge is 0.481 e. The van der Waals surface area contributed by atoms with Gasteiger partial charge in [-0.25, -0.2) is 4.98 Å². The summed E-state index contributed by atoms with van der Waals surface area (Å²) in [5.41, 5.74) is 2.85. The maximum atomic E-state index is 11.3. The molecule has 2 atom stereocenters. The highest BCUT2D eigenvalue weighted by Crippen LogP contribution is 2.55. The third-order valence-corrected chi connectivity index (χ3v) is 8.57. The van der Waals surface area contributed by atoms with E-state index < -0.39 is 11.6 Å². The first-order valence-electron chi connectivity index (χ1n) is 11.6. The number of nitrogens with zero attached hydrogens (tertiary/aromatic N) is 3. The SMILES string of the molecule is O=C(O)CC12CCC(c3ccc(-c4ccc(Nc5nnc(C6CCC6)s5)nc4)cc3)(CO1)C2. The normalized spacial score (nSPS) is 26.3. The summed E-state index contributed by atoms with van der Waals surface area (Å²) < 4.78 is 6.00. The van der Waals surface area contributed by atoms with Crippen LogP contribution in [-0.2, 0) is 14.9 Å². The van der Waals surface area contributed by atoms with E-state index in [4.69, 9.17) is 4.74 Å². The van der Waals surface area contributed by atoms with Crippen LogP contribution in [0.1, 0.15) is 61.4 Å². The van der Waals surface area contributed by atoms with Crippen LogP contribution in [0.15, 0.2) is 42.6 Å². The second kappa shape index (κ2) is 7.88. The van der Waals surface area contributed by atoms with Crippen molar-refractivity contribution in [3.05, 3.63) is 53.2 Å². The molecular formula is C25H26N4O3S. The van der Waals surface area contributed by atoms with Gasteiger partial charge in [0.15, 0.2) is 0 Å². The van der Waals surface area contributed by atoms with Gasteiger partial charge in [0, 0.05) is 23.1 Å². The minimum absolute atomic E-state index is 0.0555. The van der Waals surface area contributed by atoms with Gasteiger partial charge >= 0.3 is 5.97 Å². The van der Waals surface area contributed by atoms with Crippen molar-refractivity contribution < 1.29 is 14.6 Å². The van der Waals surface area contributed by atoms with Crippen LogP contribution in [0.2, 0.25) is 0 Å². The average molecular weight is 463 g/mol. The molecule has 3 heterocycles. The van der Waals surface area contributed by atoms with Gasteiger partial charge in [0.2, 0.25) is 5.13 Å². The summed E-state index contributed by atoms with van der Waals surface area (Å²) in [5.74, 6) is 0.567. The molecule has 3 aliphatic rings. The molecule has 2 aromatic heterocycles. The van der Waals surface area contributed by atoms with E-state index in [2.05, 4.69) is 50.8 Å². The third kappa shape index (κ3) is 3.81. The van der Waals surface area contributed by atoms with Gasteiger partial charge in [0.1, 0.15) is 10.8 Å². The van der Waals surface area contributed by atoms with E-state index in [1.165, 1.54) is 24.8 Å². The summed E-state index contributed by atoms with van der Waals surface area (Å²) in [6, 6.07) is 12.6. The van der Waals surface area contributed by atoms with Gasteiger partial charge in [0.25, 0.3) is 0 Å². The lowest BCUT2D eigenvalue weighted by Crippen LogP contribution is -2.30. The van der Waals surface area contributed by atoms with Crippen LogP contribution in [0, 0.1) is 0 Å². The molecule has 33 heavy (non-hydrogen) atoms. The van der Waals surface area contributed by atoms with Gasteiger partial charge in [-0.2, -0.15) is 0 Å². The van der Waals surface area contributed by atoms with Crippen molar-refractivity contribution >= 4 is 28.3 Å². The second-order valence-corrected chi connectivity index (χ2v) is 10.7. The van der Waals surface area contributed by atoms with Crippen LogP contribution in [0.4, 0.5) is 10.9 Å². The van der Waals surface area contributed by atoms with E-state index in [0.29, 0.717) is 12.5 Å². The Kier molecular flexibility index (Phi) is 4.96. The van der Waals surface area contributed by atoms with Gasteiger partial charge in [-0.3, -0.25) is 4.79 Å². The summed E-state index contributed by atoms with van der Waals surface area (Å²) in [6.07, 6.45) is 8.29. The van der Waals surface area contributed by atoms with Crippen molar-refractivity contribution in [3.8, 4) is 11.1 Å². The molecule has 2 N–H and O–H groups in total. The van der Waals surface area contributed by atoms with Gasteiger partial charge in [-0.1, -0.05) is 42.0 Å². The van der Waals surface area contributed by atoms with Crippen LogP contribution < -0.4 is 5.32 Å². The van der Waals surface area contributed by atoms with Crippen LogP contribution in [0.3, 0.4) is 0 Å². The van der Waals surface area contributed by atoms with Crippen molar-refractivity contribution in [2.45, 2.75) is 61.9 Å². The molecule has 2 unspecified atom stereocenters. The Morgan fingerprint density at radius 3 is 2.58 bits per heavy atom. The molecule has 3 aromatic rings. The molecule has 7 nitrogen and oxygen atoms in total. The van der Waals surface area contributed by atoms with E-state index in [-0.39, 0.29) is 11.8 Å². The van der Waals surface area contributed by atoms with E-state index in [1.807, 2.05) is 12.3 Å². The third-order valence-electron chi connectivity index (χ3n) is 7.57. The Morgan fingerprint density at radius 1 is 1.12 bits per heavy atom. The minimum Gasteiger partial charge on any atom is -0.481 e. The van der Waals surface area contributed by atoms with Crippen LogP contribution in [-0.4, -0.2) is 38.5 Å². The summed E-state index contributed by atoms with van der Waals surface area (Å²) in [5, 5.41) is 23.0. The average Bonchev–Trinajstić information content (AvgIpc) is 3.47. The number of anilines is 2. The lowest BCUT2D eigenvalue weighted by molar-refractivity contribution is -0.143. The van der Waals surface area contributed by atoms with Crippen molar-refractivity contribution in [1.29, 1.82) is 0 Å². The number of pyridine rings is 1. The standard InChI is InChI=1S/C25H26N4O3S/c30-21(31)12-25-11-10-24(14-25,15-32-25)19-7-4-16(5-8-19)18-6-9-20(26-13-18)27-23-29-28-22(33-23)17-2-1-3-17/h4-9,13,17H,1-3,10-12,14-15H2,(H,30,31)(H,26,27,29). The van der Waals surface area contributed by atoms with E-state index >= 15 is 0 Å². The van der Waals surface area contributed by atoms with Gasteiger partial charge in [-0.15, -0.1) is 10.2 Å². The summed E-state index contributed by atoms with van der Waals surface area (Å²) in [4.78, 5) is 15.8. The first-order valence-corrected chi connectivity index (χ1v) is 12.4. The second-order valence-electron chi connectivity index (χ2n) is 9.71. The number of carboxylic acids is 1. The predicted octanol–water partition coefficient (Wildman–Crippen LogP) is 5.28. The number of aromatic nitrogens is 3. The highest BCUT2D eigenvalue weighted by Gasteiger charge is 2.57. The Balaban J connectivity index is 1.13. The molecule has 1 aliphatic heterocycles. The van der Waals surface area contributed by atoms with E-state index in [1.54, 1.807) is 11.3 Å². The summed E-state index contributed by atoms with van der Waals surface area (Å²) in [7, 11) is 0. The Morgan fingerprint density at radius 2 is 1.94 bits per heavy atom. The summed E-state index contributed by atoms with van der Waals surface area (Å²) >= 11 is 1.62. The molecule has 2 aliphatic carbocycles.